The molecule has 8 N–H and O–H groups in total. The van der Waals surface area contributed by atoms with Crippen LogP contribution in [-0.4, -0.2) is 35.4 Å². The second-order valence-electron chi connectivity index (χ2n) is 2.59. The molecular weight excluding hydrogens is 224 g/mol. The molecule has 0 aromatic heterocycles. The van der Waals surface area contributed by atoms with Crippen molar-refractivity contribution in [3.8, 4) is 0 Å². The van der Waals surface area contributed by atoms with E-state index in [0.717, 1.165) is 0 Å². The van der Waals surface area contributed by atoms with Crippen molar-refractivity contribution in [1.82, 2.24) is 0 Å². The zero-order chi connectivity index (χ0) is 11.1. The van der Waals surface area contributed by atoms with Crippen LogP contribution in [0.3, 0.4) is 0 Å². The number of hydrogen-bond acceptors (Lipinski definition) is 6. The van der Waals surface area contributed by atoms with Crippen LogP contribution in [0.25, 0.3) is 0 Å². The smallest absolute Gasteiger partial charge is 0.235 e. The Morgan fingerprint density at radius 3 is 1.43 bits per heavy atom. The van der Waals surface area contributed by atoms with Crippen LogP contribution in [-0.2, 0) is 9.59 Å². The van der Waals surface area contributed by atoms with Crippen LogP contribution in [0.5, 0.6) is 0 Å². The first-order chi connectivity index (χ1) is 6.45. The molecule has 82 valence electrons. The van der Waals surface area contributed by atoms with Crippen LogP contribution in [0.1, 0.15) is 0 Å². The fourth-order valence-corrected chi connectivity index (χ4v) is 2.68. The lowest BCUT2D eigenvalue weighted by molar-refractivity contribution is -0.119. The molecule has 0 heterocycles. The zero-order valence-electron chi connectivity index (χ0n) is 7.51. The van der Waals surface area contributed by atoms with Gasteiger partial charge in [0.2, 0.25) is 11.8 Å². The lowest BCUT2D eigenvalue weighted by atomic mass is 10.3. The average Bonchev–Trinajstić information content (AvgIpc) is 2.11. The van der Waals surface area contributed by atoms with Gasteiger partial charge in [-0.15, -0.1) is 0 Å². The van der Waals surface area contributed by atoms with Gasteiger partial charge in [0.05, 0.1) is 12.1 Å². The minimum absolute atomic E-state index is 0.394. The first kappa shape index (κ1) is 13.6. The van der Waals surface area contributed by atoms with Crippen molar-refractivity contribution in [3.63, 3.8) is 0 Å². The fourth-order valence-electron chi connectivity index (χ4n) is 0.407. The van der Waals surface area contributed by atoms with Crippen LogP contribution >= 0.6 is 21.6 Å². The largest absolute Gasteiger partial charge is 0.368 e. The van der Waals surface area contributed by atoms with E-state index < -0.39 is 23.9 Å². The van der Waals surface area contributed by atoms with Crippen molar-refractivity contribution < 1.29 is 9.59 Å². The monoisotopic (exact) mass is 238 g/mol. The number of rotatable bonds is 7. The summed E-state index contributed by atoms with van der Waals surface area (Å²) in [5.41, 5.74) is 20.6. The van der Waals surface area contributed by atoms with Gasteiger partial charge in [0, 0.05) is 11.5 Å². The average molecular weight is 238 g/mol. The van der Waals surface area contributed by atoms with Gasteiger partial charge in [0.15, 0.2) is 0 Å². The molecule has 8 heteroatoms. The molecule has 1 unspecified atom stereocenters. The van der Waals surface area contributed by atoms with Crippen LogP contribution < -0.4 is 22.9 Å². The van der Waals surface area contributed by atoms with Crippen molar-refractivity contribution in [2.24, 2.45) is 22.9 Å². The Balaban J connectivity index is 3.47. The molecule has 0 spiro atoms. The van der Waals surface area contributed by atoms with Crippen molar-refractivity contribution in [2.45, 2.75) is 12.1 Å². The topological polar surface area (TPSA) is 138 Å². The molecule has 14 heavy (non-hydrogen) atoms. The maximum absolute atomic E-state index is 10.5. The summed E-state index contributed by atoms with van der Waals surface area (Å²) < 4.78 is 0. The maximum Gasteiger partial charge on any atom is 0.235 e. The van der Waals surface area contributed by atoms with E-state index in [1.165, 1.54) is 21.6 Å². The molecule has 0 bridgehead atoms. The van der Waals surface area contributed by atoms with Crippen molar-refractivity contribution in [1.29, 1.82) is 0 Å². The Kier molecular flexibility index (Phi) is 6.71. The number of carbonyl (C=O) groups excluding carboxylic acids is 2. The molecule has 0 saturated carbocycles. The Morgan fingerprint density at radius 2 is 1.21 bits per heavy atom. The van der Waals surface area contributed by atoms with E-state index in [2.05, 4.69) is 0 Å². The lowest BCUT2D eigenvalue weighted by Gasteiger charge is -2.08. The van der Waals surface area contributed by atoms with Gasteiger partial charge in [-0.1, -0.05) is 21.6 Å². The molecule has 0 aliphatic rings. The molecular formula is C6H14N4O2S2. The summed E-state index contributed by atoms with van der Waals surface area (Å²) in [5.74, 6) is -0.300. The van der Waals surface area contributed by atoms with E-state index in [1.807, 2.05) is 0 Å². The number of amides is 2. The molecule has 2 amide bonds. The van der Waals surface area contributed by atoms with Gasteiger partial charge >= 0.3 is 0 Å². The summed E-state index contributed by atoms with van der Waals surface area (Å²) >= 11 is 0. The predicted molar refractivity (Wildman–Crippen MR) is 59.3 cm³/mol. The number of hydrogen-bond donors (Lipinski definition) is 4. The fraction of sp³-hybridized carbons (Fsp3) is 0.667. The summed E-state index contributed by atoms with van der Waals surface area (Å²) in [5, 5.41) is 0. The summed E-state index contributed by atoms with van der Waals surface area (Å²) in [7, 11) is 2.68. The third-order valence-corrected chi connectivity index (χ3v) is 3.78. The third-order valence-electron chi connectivity index (χ3n) is 1.31. The Labute approximate surface area is 89.9 Å². The molecule has 0 aromatic rings. The summed E-state index contributed by atoms with van der Waals surface area (Å²) in [6, 6.07) is -1.34. The first-order valence-corrected chi connectivity index (χ1v) is 6.28. The molecule has 0 radical (unpaired) electrons. The van der Waals surface area contributed by atoms with Gasteiger partial charge in [0.25, 0.3) is 0 Å². The summed E-state index contributed by atoms with van der Waals surface area (Å²) in [4.78, 5) is 21.0. The van der Waals surface area contributed by atoms with Gasteiger partial charge < -0.3 is 22.9 Å². The molecule has 6 nitrogen and oxygen atoms in total. The van der Waals surface area contributed by atoms with Crippen molar-refractivity contribution in [2.75, 3.05) is 11.5 Å². The molecule has 0 aliphatic carbocycles. The van der Waals surface area contributed by atoms with Gasteiger partial charge in [-0.3, -0.25) is 9.59 Å². The van der Waals surface area contributed by atoms with Crippen LogP contribution in [0.2, 0.25) is 0 Å². The minimum Gasteiger partial charge on any atom is -0.368 e. The highest BCUT2D eigenvalue weighted by Crippen LogP contribution is 2.21. The Bertz CT molecular complexity index is 192. The third kappa shape index (κ3) is 6.08. The van der Waals surface area contributed by atoms with E-state index in [-0.39, 0.29) is 0 Å². The van der Waals surface area contributed by atoms with E-state index in [0.29, 0.717) is 11.5 Å². The second kappa shape index (κ2) is 6.93. The normalized spacial score (nSPS) is 14.7. The molecule has 0 aliphatic heterocycles. The van der Waals surface area contributed by atoms with E-state index in [1.54, 1.807) is 0 Å². The Hall–Kier alpha value is -0.440. The minimum atomic E-state index is -0.669. The highest BCUT2D eigenvalue weighted by molar-refractivity contribution is 8.76. The number of nitrogens with two attached hydrogens (primary N) is 4. The van der Waals surface area contributed by atoms with Gasteiger partial charge in [-0.05, 0) is 0 Å². The van der Waals surface area contributed by atoms with E-state index >= 15 is 0 Å². The molecule has 0 fully saturated rings. The predicted octanol–water partition coefficient (Wildman–Crippen LogP) is -2.01. The van der Waals surface area contributed by atoms with Crippen LogP contribution in [0.4, 0.5) is 0 Å². The number of primary amides is 2. The van der Waals surface area contributed by atoms with Crippen molar-refractivity contribution >= 4 is 33.4 Å². The quantitative estimate of drug-likeness (QED) is 0.299. The first-order valence-electron chi connectivity index (χ1n) is 3.79. The highest BCUT2D eigenvalue weighted by atomic mass is 33.1. The molecule has 0 rings (SSSR count). The zero-order valence-corrected chi connectivity index (χ0v) is 9.14. The van der Waals surface area contributed by atoms with Crippen LogP contribution in [0, 0.1) is 0 Å². The SMILES string of the molecule is NC(=O)C(N)CSSC[C@H](N)C(N)=O. The molecule has 2 atom stereocenters. The molecule has 0 saturated heterocycles. The van der Waals surface area contributed by atoms with Crippen LogP contribution in [0.15, 0.2) is 0 Å². The number of carbonyl (C=O) groups is 2. The van der Waals surface area contributed by atoms with Gasteiger partial charge in [-0.25, -0.2) is 0 Å². The molecule has 0 aromatic carbocycles. The standard InChI is InChI=1S/C6H14N4O2S2/c7-3(5(9)11)1-13-14-2-4(8)6(10)12/h3-4H,1-2,7-8H2,(H2,9,11)(H2,10,12)/t3-,4?/m0/s1. The van der Waals surface area contributed by atoms with Crippen molar-refractivity contribution in [3.05, 3.63) is 0 Å². The Morgan fingerprint density at radius 1 is 0.929 bits per heavy atom. The summed E-state index contributed by atoms with van der Waals surface area (Å²) in [6.07, 6.45) is 0. The lowest BCUT2D eigenvalue weighted by Crippen LogP contribution is -2.39. The summed E-state index contributed by atoms with van der Waals surface area (Å²) in [6.45, 7) is 0. The van der Waals surface area contributed by atoms with Gasteiger partial charge in [0.1, 0.15) is 0 Å². The highest BCUT2D eigenvalue weighted by Gasteiger charge is 2.11. The van der Waals surface area contributed by atoms with Gasteiger partial charge in [-0.2, -0.15) is 0 Å². The second-order valence-corrected chi connectivity index (χ2v) is 5.14. The van der Waals surface area contributed by atoms with E-state index in [4.69, 9.17) is 22.9 Å². The van der Waals surface area contributed by atoms with E-state index in [9.17, 15) is 9.59 Å². The maximum atomic E-state index is 10.5.